The lowest BCUT2D eigenvalue weighted by atomic mass is 10.4. The van der Waals surface area contributed by atoms with Crippen molar-refractivity contribution in [3.05, 3.63) is 30.6 Å². The standard InChI is InChI=1S/C9H10F3N5/c10-9(11,12)5-16-6-14-2-8(16)4-17-3-7(13)1-15-17/h1-3,6H,4-5,13H2/p+1. The molecule has 0 saturated carbocycles. The topological polar surface area (TPSA) is 63.5 Å². The van der Waals surface area contributed by atoms with Crippen molar-refractivity contribution >= 4 is 5.69 Å². The molecule has 17 heavy (non-hydrogen) atoms. The summed E-state index contributed by atoms with van der Waals surface area (Å²) in [5.41, 5.74) is 6.47. The Morgan fingerprint density at radius 1 is 1.47 bits per heavy atom. The van der Waals surface area contributed by atoms with E-state index in [9.17, 15) is 13.2 Å². The fraction of sp³-hybridized carbons (Fsp3) is 0.333. The third-order valence-electron chi connectivity index (χ3n) is 2.18. The number of rotatable bonds is 3. The van der Waals surface area contributed by atoms with Gasteiger partial charge in [0, 0.05) is 0 Å². The SMILES string of the molecule is Nc1c[nH][n+](Cc2cncn2CC(F)(F)F)c1. The zero-order chi connectivity index (χ0) is 12.5. The predicted octanol–water partition coefficient (Wildman–Crippen LogP) is 0.691. The fourth-order valence-electron chi connectivity index (χ4n) is 1.49. The highest BCUT2D eigenvalue weighted by Crippen LogP contribution is 2.18. The van der Waals surface area contributed by atoms with Crippen molar-refractivity contribution in [1.29, 1.82) is 0 Å². The monoisotopic (exact) mass is 246 g/mol. The van der Waals surface area contributed by atoms with E-state index in [0.29, 0.717) is 11.4 Å². The van der Waals surface area contributed by atoms with E-state index in [0.717, 1.165) is 10.9 Å². The number of nitrogens with one attached hydrogen (secondary N) is 1. The number of imidazole rings is 1. The minimum absolute atomic E-state index is 0.257. The van der Waals surface area contributed by atoms with Crippen LogP contribution in [0.3, 0.4) is 0 Å². The Kier molecular flexibility index (Phi) is 2.78. The smallest absolute Gasteiger partial charge is 0.392 e. The molecule has 0 aliphatic rings. The molecule has 0 unspecified atom stereocenters. The Labute approximate surface area is 94.7 Å². The van der Waals surface area contributed by atoms with Gasteiger partial charge in [0.25, 0.3) is 0 Å². The number of aromatic nitrogens is 4. The van der Waals surface area contributed by atoms with Gasteiger partial charge in [-0.05, 0) is 0 Å². The first-order chi connectivity index (χ1) is 7.94. The van der Waals surface area contributed by atoms with Crippen molar-refractivity contribution in [2.45, 2.75) is 19.3 Å². The zero-order valence-electron chi connectivity index (χ0n) is 8.78. The molecule has 0 saturated heterocycles. The number of hydrogen-bond donors (Lipinski definition) is 2. The molecule has 0 radical (unpaired) electrons. The minimum Gasteiger partial charge on any atom is -0.392 e. The van der Waals surface area contributed by atoms with Crippen LogP contribution >= 0.6 is 0 Å². The number of halogens is 3. The molecule has 0 aliphatic heterocycles. The van der Waals surface area contributed by atoms with Gasteiger partial charge in [0.15, 0.2) is 0 Å². The van der Waals surface area contributed by atoms with Gasteiger partial charge in [0.2, 0.25) is 12.7 Å². The second-order valence-electron chi connectivity index (χ2n) is 3.66. The Hall–Kier alpha value is -1.99. The number of nitrogens with zero attached hydrogens (tertiary/aromatic N) is 3. The van der Waals surface area contributed by atoms with Gasteiger partial charge in [-0.3, -0.25) is 0 Å². The summed E-state index contributed by atoms with van der Waals surface area (Å²) in [4.78, 5) is 3.71. The molecule has 2 aromatic heterocycles. The van der Waals surface area contributed by atoms with Crippen LogP contribution in [0.4, 0.5) is 18.9 Å². The van der Waals surface area contributed by atoms with E-state index >= 15 is 0 Å². The van der Waals surface area contributed by atoms with Gasteiger partial charge in [0.05, 0.1) is 18.7 Å². The number of nitrogen functional groups attached to an aromatic ring is 1. The average molecular weight is 246 g/mol. The summed E-state index contributed by atoms with van der Waals surface area (Å²) in [6.45, 7) is -0.785. The lowest BCUT2D eigenvalue weighted by Crippen LogP contribution is -2.36. The molecule has 0 aromatic carbocycles. The van der Waals surface area contributed by atoms with E-state index in [1.807, 2.05) is 0 Å². The van der Waals surface area contributed by atoms with Crippen LogP contribution < -0.4 is 10.4 Å². The highest BCUT2D eigenvalue weighted by atomic mass is 19.4. The molecule has 92 valence electrons. The number of H-pyrrole nitrogens is 1. The third kappa shape index (κ3) is 2.99. The molecule has 0 fully saturated rings. The molecule has 2 aromatic rings. The van der Waals surface area contributed by atoms with Gasteiger partial charge >= 0.3 is 6.18 Å². The molecule has 2 rings (SSSR count). The van der Waals surface area contributed by atoms with E-state index < -0.39 is 12.7 Å². The highest BCUT2D eigenvalue weighted by Gasteiger charge is 2.29. The zero-order valence-corrected chi connectivity index (χ0v) is 8.78. The van der Waals surface area contributed by atoms with Crippen molar-refractivity contribution in [3.8, 4) is 0 Å². The first kappa shape index (κ1) is 11.5. The normalized spacial score (nSPS) is 11.9. The largest absolute Gasteiger partial charge is 0.406 e. The summed E-state index contributed by atoms with van der Waals surface area (Å²) in [7, 11) is 0. The second-order valence-corrected chi connectivity index (χ2v) is 3.66. The molecule has 5 nitrogen and oxygen atoms in total. The van der Waals surface area contributed by atoms with Crippen LogP contribution in [0.1, 0.15) is 5.69 Å². The van der Waals surface area contributed by atoms with Gasteiger partial charge in [-0.25, -0.2) is 4.98 Å². The Morgan fingerprint density at radius 3 is 2.82 bits per heavy atom. The Balaban J connectivity index is 2.14. The van der Waals surface area contributed by atoms with E-state index in [4.69, 9.17) is 5.73 Å². The average Bonchev–Trinajstić information content (AvgIpc) is 2.75. The van der Waals surface area contributed by atoms with Gasteiger partial charge in [-0.2, -0.15) is 18.3 Å². The molecule has 2 heterocycles. The van der Waals surface area contributed by atoms with Gasteiger partial charge in [-0.15, -0.1) is 4.68 Å². The summed E-state index contributed by atoms with van der Waals surface area (Å²) in [6, 6.07) is 0. The predicted molar refractivity (Wildman–Crippen MR) is 52.8 cm³/mol. The molecule has 8 heteroatoms. The first-order valence-electron chi connectivity index (χ1n) is 4.83. The van der Waals surface area contributed by atoms with E-state index in [-0.39, 0.29) is 6.54 Å². The van der Waals surface area contributed by atoms with Crippen LogP contribution in [-0.4, -0.2) is 20.8 Å². The number of anilines is 1. The molecule has 0 spiro atoms. The highest BCUT2D eigenvalue weighted by molar-refractivity contribution is 5.27. The quantitative estimate of drug-likeness (QED) is 0.783. The summed E-state index contributed by atoms with van der Waals surface area (Å²) < 4.78 is 39.4. The number of alkyl halides is 3. The van der Waals surface area contributed by atoms with Gasteiger partial charge in [0.1, 0.15) is 17.9 Å². The maximum absolute atomic E-state index is 12.3. The number of aromatic amines is 1. The molecular formula is C9H11F3N5+. The summed E-state index contributed by atoms with van der Waals surface area (Å²) in [6.07, 6.45) is 1.47. The van der Waals surface area contributed by atoms with E-state index in [1.165, 1.54) is 6.20 Å². The van der Waals surface area contributed by atoms with Crippen molar-refractivity contribution in [1.82, 2.24) is 14.6 Å². The minimum atomic E-state index is -4.26. The fourth-order valence-corrected chi connectivity index (χ4v) is 1.49. The number of nitrogens with two attached hydrogens (primary N) is 1. The van der Waals surface area contributed by atoms with Crippen LogP contribution in [0.15, 0.2) is 24.9 Å². The second kappa shape index (κ2) is 4.11. The van der Waals surface area contributed by atoms with Crippen molar-refractivity contribution in [3.63, 3.8) is 0 Å². The lowest BCUT2D eigenvalue weighted by Gasteiger charge is -2.08. The maximum Gasteiger partial charge on any atom is 0.406 e. The van der Waals surface area contributed by atoms with Crippen molar-refractivity contribution < 1.29 is 17.9 Å². The Morgan fingerprint density at radius 2 is 2.24 bits per heavy atom. The van der Waals surface area contributed by atoms with E-state index in [1.54, 1.807) is 17.1 Å². The van der Waals surface area contributed by atoms with Gasteiger partial charge in [-0.1, -0.05) is 0 Å². The molecule has 0 atom stereocenters. The molecule has 3 N–H and O–H groups in total. The third-order valence-corrected chi connectivity index (χ3v) is 2.18. The van der Waals surface area contributed by atoms with Crippen molar-refractivity contribution in [2.24, 2.45) is 0 Å². The summed E-state index contributed by atoms with van der Waals surface area (Å²) >= 11 is 0. The van der Waals surface area contributed by atoms with Crippen LogP contribution in [0, 0.1) is 0 Å². The maximum atomic E-state index is 12.3. The molecule has 0 amide bonds. The number of hydrogen-bond acceptors (Lipinski definition) is 2. The van der Waals surface area contributed by atoms with Crippen LogP contribution in [0.25, 0.3) is 0 Å². The lowest BCUT2D eigenvalue weighted by molar-refractivity contribution is -0.742. The summed E-state index contributed by atoms with van der Waals surface area (Å²) in [5, 5.41) is 2.80. The van der Waals surface area contributed by atoms with E-state index in [2.05, 4.69) is 10.1 Å². The van der Waals surface area contributed by atoms with Gasteiger partial charge < -0.3 is 10.3 Å². The Bertz CT molecular complexity index is 499. The van der Waals surface area contributed by atoms with Crippen LogP contribution in [0.2, 0.25) is 0 Å². The van der Waals surface area contributed by atoms with Crippen molar-refractivity contribution in [2.75, 3.05) is 5.73 Å². The molecule has 0 bridgehead atoms. The first-order valence-corrected chi connectivity index (χ1v) is 4.83. The molecule has 0 aliphatic carbocycles. The van der Waals surface area contributed by atoms with Crippen LogP contribution in [-0.2, 0) is 13.1 Å². The summed E-state index contributed by atoms with van der Waals surface area (Å²) in [5.74, 6) is 0. The van der Waals surface area contributed by atoms with Crippen LogP contribution in [0.5, 0.6) is 0 Å². The molecular weight excluding hydrogens is 235 g/mol.